The molecule has 2 atom stereocenters. The Morgan fingerprint density at radius 2 is 1.48 bits per heavy atom. The minimum absolute atomic E-state index is 0.0176. The molecule has 3 rings (SSSR count). The zero-order valence-corrected chi connectivity index (χ0v) is 25.6. The molecule has 0 saturated heterocycles. The van der Waals surface area contributed by atoms with E-state index in [1.54, 1.807) is 61.5 Å². The maximum Gasteiger partial charge on any atom is 0.264 e. The predicted octanol–water partition coefficient (Wildman–Crippen LogP) is 6.14. The van der Waals surface area contributed by atoms with E-state index >= 15 is 0 Å². The van der Waals surface area contributed by atoms with Gasteiger partial charge in [-0.1, -0.05) is 71.6 Å². The van der Waals surface area contributed by atoms with E-state index in [9.17, 15) is 18.0 Å². The van der Waals surface area contributed by atoms with Crippen LogP contribution in [-0.4, -0.2) is 43.8 Å². The first-order valence-corrected chi connectivity index (χ1v) is 15.2. The summed E-state index contributed by atoms with van der Waals surface area (Å²) >= 11 is 12.5. The van der Waals surface area contributed by atoms with Gasteiger partial charge in [0, 0.05) is 22.6 Å². The van der Waals surface area contributed by atoms with E-state index in [0.29, 0.717) is 27.7 Å². The molecule has 0 aliphatic heterocycles. The minimum atomic E-state index is -4.13. The summed E-state index contributed by atoms with van der Waals surface area (Å²) in [6, 6.07) is 17.2. The third-order valence-electron chi connectivity index (χ3n) is 6.73. The fraction of sp³-hybridized carbons (Fsp3) is 0.333. The first-order chi connectivity index (χ1) is 18.8. The molecule has 0 bridgehead atoms. The number of hydrogen-bond donors (Lipinski definition) is 1. The number of nitrogens with one attached hydrogen (secondary N) is 1. The summed E-state index contributed by atoms with van der Waals surface area (Å²) in [6.07, 6.45) is 0.714. The van der Waals surface area contributed by atoms with Crippen LogP contribution in [0.5, 0.6) is 0 Å². The topological polar surface area (TPSA) is 86.8 Å². The number of carbonyl (C=O) groups excluding carboxylic acids is 2. The average molecular weight is 605 g/mol. The Morgan fingerprint density at radius 1 is 0.900 bits per heavy atom. The summed E-state index contributed by atoms with van der Waals surface area (Å²) in [6.45, 7) is 8.65. The van der Waals surface area contributed by atoms with Crippen LogP contribution in [0.4, 0.5) is 5.69 Å². The number of aryl methyl sites for hydroxylation is 2. The normalized spacial score (nSPS) is 12.9. The average Bonchev–Trinajstić information content (AvgIpc) is 2.91. The summed E-state index contributed by atoms with van der Waals surface area (Å²) in [5.41, 5.74) is 2.76. The molecule has 40 heavy (non-hydrogen) atoms. The van der Waals surface area contributed by atoms with Gasteiger partial charge in [0.05, 0.1) is 10.6 Å². The van der Waals surface area contributed by atoms with E-state index in [-0.39, 0.29) is 23.4 Å². The molecule has 3 aromatic rings. The molecular formula is C30H35Cl2N3O4S. The highest BCUT2D eigenvalue weighted by molar-refractivity contribution is 7.92. The monoisotopic (exact) mass is 603 g/mol. The van der Waals surface area contributed by atoms with Gasteiger partial charge in [-0.25, -0.2) is 8.42 Å². The van der Waals surface area contributed by atoms with E-state index in [4.69, 9.17) is 23.2 Å². The standard InChI is InChI=1S/C30H35Cl2N3O4S/c1-6-22(4)33-30(37)23(5)34(18-24-11-12-25(31)17-28(24)32)29(36)19-35(26-13-7-20(2)8-14-26)40(38,39)27-15-9-21(3)10-16-27/h7-17,22-23H,6,18-19H2,1-5H3,(H,33,37). The molecule has 0 heterocycles. The second-order valence-electron chi connectivity index (χ2n) is 9.91. The van der Waals surface area contributed by atoms with E-state index in [2.05, 4.69) is 5.32 Å². The quantitative estimate of drug-likeness (QED) is 0.285. The Hall–Kier alpha value is -3.07. The van der Waals surface area contributed by atoms with Gasteiger partial charge in [0.25, 0.3) is 10.0 Å². The second-order valence-corrected chi connectivity index (χ2v) is 12.6. The third-order valence-corrected chi connectivity index (χ3v) is 9.11. The molecule has 10 heteroatoms. The van der Waals surface area contributed by atoms with Gasteiger partial charge in [-0.05, 0) is 76.1 Å². The van der Waals surface area contributed by atoms with Crippen molar-refractivity contribution in [2.45, 2.75) is 64.6 Å². The van der Waals surface area contributed by atoms with Crippen LogP contribution in [0.15, 0.2) is 71.6 Å². The molecule has 2 amide bonds. The molecule has 7 nitrogen and oxygen atoms in total. The number of carbonyl (C=O) groups is 2. The molecule has 0 spiro atoms. The lowest BCUT2D eigenvalue weighted by Gasteiger charge is -2.32. The highest BCUT2D eigenvalue weighted by atomic mass is 35.5. The molecule has 0 radical (unpaired) electrons. The summed E-state index contributed by atoms with van der Waals surface area (Å²) in [5, 5.41) is 3.68. The van der Waals surface area contributed by atoms with Crippen molar-refractivity contribution in [2.75, 3.05) is 10.8 Å². The predicted molar refractivity (Wildman–Crippen MR) is 161 cm³/mol. The summed E-state index contributed by atoms with van der Waals surface area (Å²) < 4.78 is 28.8. The number of anilines is 1. The molecule has 0 aliphatic carbocycles. The van der Waals surface area contributed by atoms with E-state index in [1.165, 1.54) is 17.0 Å². The van der Waals surface area contributed by atoms with Crippen LogP contribution in [0.1, 0.15) is 43.9 Å². The zero-order valence-electron chi connectivity index (χ0n) is 23.3. The zero-order chi connectivity index (χ0) is 29.6. The highest BCUT2D eigenvalue weighted by Gasteiger charge is 2.33. The third kappa shape index (κ3) is 7.77. The van der Waals surface area contributed by atoms with Crippen LogP contribution < -0.4 is 9.62 Å². The van der Waals surface area contributed by atoms with E-state index in [0.717, 1.165) is 15.4 Å². The van der Waals surface area contributed by atoms with Crippen molar-refractivity contribution in [3.8, 4) is 0 Å². The van der Waals surface area contributed by atoms with Crippen molar-refractivity contribution < 1.29 is 18.0 Å². The number of benzene rings is 3. The number of hydrogen-bond acceptors (Lipinski definition) is 4. The van der Waals surface area contributed by atoms with Gasteiger partial charge in [-0.2, -0.15) is 0 Å². The smallest absolute Gasteiger partial charge is 0.264 e. The Morgan fingerprint density at radius 3 is 2.02 bits per heavy atom. The van der Waals surface area contributed by atoms with Crippen LogP contribution in [0.3, 0.4) is 0 Å². The van der Waals surface area contributed by atoms with Crippen molar-refractivity contribution in [2.24, 2.45) is 0 Å². The minimum Gasteiger partial charge on any atom is -0.352 e. The molecule has 3 aromatic carbocycles. The summed E-state index contributed by atoms with van der Waals surface area (Å²) in [5.74, 6) is -0.912. The lowest BCUT2D eigenvalue weighted by Crippen LogP contribution is -2.52. The fourth-order valence-electron chi connectivity index (χ4n) is 3.96. The maximum atomic E-state index is 14.0. The first kappa shape index (κ1) is 31.5. The van der Waals surface area contributed by atoms with Crippen molar-refractivity contribution in [3.63, 3.8) is 0 Å². The van der Waals surface area contributed by atoms with Crippen molar-refractivity contribution >= 4 is 50.7 Å². The molecule has 0 saturated carbocycles. The molecular weight excluding hydrogens is 569 g/mol. The number of halogens is 2. The molecule has 0 aromatic heterocycles. The van der Waals surface area contributed by atoms with Gasteiger partial charge in [0.1, 0.15) is 12.6 Å². The highest BCUT2D eigenvalue weighted by Crippen LogP contribution is 2.27. The van der Waals surface area contributed by atoms with Gasteiger partial charge in [-0.3, -0.25) is 13.9 Å². The van der Waals surface area contributed by atoms with Gasteiger partial charge in [0.2, 0.25) is 11.8 Å². The SMILES string of the molecule is CCC(C)NC(=O)C(C)N(Cc1ccc(Cl)cc1Cl)C(=O)CN(c1ccc(C)cc1)S(=O)(=O)c1ccc(C)cc1. The number of sulfonamides is 1. The van der Waals surface area contributed by atoms with E-state index < -0.39 is 28.5 Å². The number of rotatable bonds is 11. The lowest BCUT2D eigenvalue weighted by molar-refractivity contribution is -0.139. The summed E-state index contributed by atoms with van der Waals surface area (Å²) in [4.78, 5) is 28.5. The number of amides is 2. The Bertz CT molecular complexity index is 1440. The van der Waals surface area contributed by atoms with Gasteiger partial charge < -0.3 is 10.2 Å². The Labute approximate surface area is 247 Å². The van der Waals surface area contributed by atoms with Crippen LogP contribution in [0.2, 0.25) is 10.0 Å². The molecule has 214 valence electrons. The van der Waals surface area contributed by atoms with Crippen LogP contribution in [0, 0.1) is 13.8 Å². The molecule has 2 unspecified atom stereocenters. The lowest BCUT2D eigenvalue weighted by atomic mass is 10.1. The van der Waals surface area contributed by atoms with Crippen LogP contribution >= 0.6 is 23.2 Å². The maximum absolute atomic E-state index is 14.0. The van der Waals surface area contributed by atoms with Crippen molar-refractivity contribution in [1.82, 2.24) is 10.2 Å². The second kappa shape index (κ2) is 13.5. The molecule has 1 N–H and O–H groups in total. The largest absolute Gasteiger partial charge is 0.352 e. The first-order valence-electron chi connectivity index (χ1n) is 13.0. The molecule has 0 aliphatic rings. The Balaban J connectivity index is 2.04. The van der Waals surface area contributed by atoms with Gasteiger partial charge in [-0.15, -0.1) is 0 Å². The van der Waals surface area contributed by atoms with Crippen molar-refractivity contribution in [1.29, 1.82) is 0 Å². The number of nitrogens with zero attached hydrogens (tertiary/aromatic N) is 2. The molecule has 0 fully saturated rings. The fourth-order valence-corrected chi connectivity index (χ4v) is 5.84. The van der Waals surface area contributed by atoms with E-state index in [1.807, 2.05) is 27.7 Å². The van der Waals surface area contributed by atoms with Gasteiger partial charge in [0.15, 0.2) is 0 Å². The van der Waals surface area contributed by atoms with Crippen molar-refractivity contribution in [3.05, 3.63) is 93.5 Å². The van der Waals surface area contributed by atoms with Crippen LogP contribution in [0.25, 0.3) is 0 Å². The van der Waals surface area contributed by atoms with Crippen LogP contribution in [-0.2, 0) is 26.2 Å². The summed E-state index contributed by atoms with van der Waals surface area (Å²) in [7, 11) is -4.13. The Kier molecular flexibility index (Phi) is 10.6. The van der Waals surface area contributed by atoms with Gasteiger partial charge >= 0.3 is 0 Å².